The molecule has 1 fully saturated rings. The van der Waals surface area contributed by atoms with Gasteiger partial charge in [-0.25, -0.2) is 8.78 Å². The molecule has 0 radical (unpaired) electrons. The molecule has 1 unspecified atom stereocenters. The summed E-state index contributed by atoms with van der Waals surface area (Å²) in [5.41, 5.74) is 0.786. The molecule has 2 nitrogen and oxygen atoms in total. The normalized spacial score (nSPS) is 18.2. The fourth-order valence-corrected chi connectivity index (χ4v) is 2.08. The zero-order valence-electron chi connectivity index (χ0n) is 10.4. The van der Waals surface area contributed by atoms with Crippen molar-refractivity contribution in [3.05, 3.63) is 34.9 Å². The van der Waals surface area contributed by atoms with Gasteiger partial charge in [0.05, 0.1) is 0 Å². The van der Waals surface area contributed by atoms with Crippen molar-refractivity contribution in [1.29, 1.82) is 0 Å². The molecule has 0 aromatic heterocycles. The Morgan fingerprint density at radius 2 is 1.94 bits per heavy atom. The largest absolute Gasteiger partial charge is 0.314 e. The van der Waals surface area contributed by atoms with Crippen LogP contribution in [0.5, 0.6) is 0 Å². The van der Waals surface area contributed by atoms with E-state index in [4.69, 9.17) is 0 Å². The predicted octanol–water partition coefficient (Wildman–Crippen LogP) is 2.24. The van der Waals surface area contributed by atoms with Crippen molar-refractivity contribution in [1.82, 2.24) is 10.2 Å². The second kappa shape index (κ2) is 4.70. The summed E-state index contributed by atoms with van der Waals surface area (Å²) in [6.45, 7) is 5.31. The second-order valence-corrected chi connectivity index (χ2v) is 4.78. The summed E-state index contributed by atoms with van der Waals surface area (Å²) in [6, 6.07) is 2.89. The van der Waals surface area contributed by atoms with Crippen LogP contribution in [-0.4, -0.2) is 31.1 Å². The Labute approximate surface area is 101 Å². The molecule has 2 rings (SSSR count). The third-order valence-corrected chi connectivity index (χ3v) is 3.67. The van der Waals surface area contributed by atoms with Crippen LogP contribution in [0.2, 0.25) is 0 Å². The lowest BCUT2D eigenvalue weighted by atomic mass is 10.0. The van der Waals surface area contributed by atoms with Crippen LogP contribution in [-0.2, 0) is 0 Å². The molecule has 0 amide bonds. The lowest BCUT2D eigenvalue weighted by Gasteiger charge is -2.39. The van der Waals surface area contributed by atoms with Crippen LogP contribution in [0.1, 0.15) is 24.1 Å². The first-order chi connectivity index (χ1) is 8.00. The van der Waals surface area contributed by atoms with Crippen LogP contribution in [0.15, 0.2) is 12.1 Å². The summed E-state index contributed by atoms with van der Waals surface area (Å²) < 4.78 is 27.3. The fourth-order valence-electron chi connectivity index (χ4n) is 2.08. The molecule has 1 atom stereocenters. The molecule has 1 aliphatic rings. The summed E-state index contributed by atoms with van der Waals surface area (Å²) in [6.07, 6.45) is 0. The van der Waals surface area contributed by atoms with E-state index >= 15 is 0 Å². The Morgan fingerprint density at radius 1 is 1.29 bits per heavy atom. The summed E-state index contributed by atoms with van der Waals surface area (Å²) in [4.78, 5) is 2.09. The van der Waals surface area contributed by atoms with Gasteiger partial charge in [-0.2, -0.15) is 0 Å². The summed E-state index contributed by atoms with van der Waals surface area (Å²) in [5, 5.41) is 3.17. The van der Waals surface area contributed by atoms with Gasteiger partial charge in [-0.3, -0.25) is 4.90 Å². The van der Waals surface area contributed by atoms with Crippen molar-refractivity contribution in [2.24, 2.45) is 0 Å². The quantitative estimate of drug-likeness (QED) is 0.871. The fraction of sp³-hybridized carbons (Fsp3) is 0.538. The Balaban J connectivity index is 2.23. The highest BCUT2D eigenvalue weighted by Crippen LogP contribution is 2.26. The number of nitrogens with zero attached hydrogens (tertiary/aromatic N) is 1. The highest BCUT2D eigenvalue weighted by Gasteiger charge is 2.27. The number of hydrogen-bond donors (Lipinski definition) is 1. The van der Waals surface area contributed by atoms with Crippen LogP contribution < -0.4 is 5.32 Å². The van der Waals surface area contributed by atoms with Crippen LogP contribution in [0.3, 0.4) is 0 Å². The van der Waals surface area contributed by atoms with E-state index in [0.717, 1.165) is 13.1 Å². The standard InChI is InChI=1S/C13H18F2N2/c1-8-4-13(15)11(5-12(8)14)9(2)17(3)10-6-16-7-10/h4-5,9-10,16H,6-7H2,1-3H3. The van der Waals surface area contributed by atoms with Gasteiger partial charge in [0.25, 0.3) is 0 Å². The van der Waals surface area contributed by atoms with E-state index in [1.165, 1.54) is 12.1 Å². The molecule has 1 aliphatic heterocycles. The maximum atomic E-state index is 13.8. The lowest BCUT2D eigenvalue weighted by molar-refractivity contribution is 0.134. The predicted molar refractivity (Wildman–Crippen MR) is 63.9 cm³/mol. The highest BCUT2D eigenvalue weighted by molar-refractivity contribution is 5.27. The van der Waals surface area contributed by atoms with Crippen LogP contribution >= 0.6 is 0 Å². The maximum Gasteiger partial charge on any atom is 0.128 e. The van der Waals surface area contributed by atoms with Crippen molar-refractivity contribution in [2.45, 2.75) is 25.9 Å². The molecule has 1 aromatic carbocycles. The average Bonchev–Trinajstić information content (AvgIpc) is 2.20. The molecule has 94 valence electrons. The van der Waals surface area contributed by atoms with E-state index in [-0.39, 0.29) is 17.7 Å². The average molecular weight is 240 g/mol. The molecule has 1 aromatic rings. The molecule has 0 bridgehead atoms. The molecular formula is C13H18F2N2. The number of rotatable bonds is 3. The highest BCUT2D eigenvalue weighted by atomic mass is 19.1. The van der Waals surface area contributed by atoms with E-state index in [1.54, 1.807) is 6.92 Å². The van der Waals surface area contributed by atoms with Gasteiger partial charge in [0.1, 0.15) is 11.6 Å². The molecule has 17 heavy (non-hydrogen) atoms. The SMILES string of the molecule is Cc1cc(F)c(C(C)N(C)C2CNC2)cc1F. The van der Waals surface area contributed by atoms with Gasteiger partial charge in [-0.1, -0.05) is 0 Å². The maximum absolute atomic E-state index is 13.8. The van der Waals surface area contributed by atoms with Crippen molar-refractivity contribution in [3.63, 3.8) is 0 Å². The summed E-state index contributed by atoms with van der Waals surface area (Å²) in [5.74, 6) is -0.663. The van der Waals surface area contributed by atoms with Gasteiger partial charge in [-0.15, -0.1) is 0 Å². The topological polar surface area (TPSA) is 15.3 Å². The van der Waals surface area contributed by atoms with Gasteiger partial charge in [0, 0.05) is 30.7 Å². The number of halogens is 2. The van der Waals surface area contributed by atoms with Crippen LogP contribution in [0, 0.1) is 18.6 Å². The van der Waals surface area contributed by atoms with Crippen molar-refractivity contribution in [2.75, 3.05) is 20.1 Å². The smallest absolute Gasteiger partial charge is 0.128 e. The minimum absolute atomic E-state index is 0.114. The second-order valence-electron chi connectivity index (χ2n) is 4.78. The molecule has 1 saturated heterocycles. The molecule has 0 aliphatic carbocycles. The first-order valence-corrected chi connectivity index (χ1v) is 5.89. The minimum atomic E-state index is -0.339. The first kappa shape index (κ1) is 12.5. The zero-order chi connectivity index (χ0) is 12.6. The minimum Gasteiger partial charge on any atom is -0.314 e. The van der Waals surface area contributed by atoms with Crippen molar-refractivity contribution < 1.29 is 8.78 Å². The molecule has 0 spiro atoms. The number of hydrogen-bond acceptors (Lipinski definition) is 2. The Kier molecular flexibility index (Phi) is 3.45. The number of aryl methyl sites for hydroxylation is 1. The lowest BCUT2D eigenvalue weighted by Crippen LogP contribution is -2.56. The van der Waals surface area contributed by atoms with Gasteiger partial charge in [0.2, 0.25) is 0 Å². The van der Waals surface area contributed by atoms with Crippen LogP contribution in [0.25, 0.3) is 0 Å². The zero-order valence-corrected chi connectivity index (χ0v) is 10.4. The van der Waals surface area contributed by atoms with Crippen molar-refractivity contribution in [3.8, 4) is 0 Å². The van der Waals surface area contributed by atoms with Gasteiger partial charge in [0.15, 0.2) is 0 Å². The number of likely N-dealkylation sites (N-methyl/N-ethyl adjacent to an activating group) is 1. The van der Waals surface area contributed by atoms with E-state index < -0.39 is 0 Å². The first-order valence-electron chi connectivity index (χ1n) is 5.89. The molecule has 1 N–H and O–H groups in total. The molecule has 0 saturated carbocycles. The number of benzene rings is 1. The van der Waals surface area contributed by atoms with Gasteiger partial charge in [-0.05, 0) is 38.6 Å². The third kappa shape index (κ3) is 2.33. The molecule has 4 heteroatoms. The number of nitrogens with one attached hydrogen (secondary N) is 1. The van der Waals surface area contributed by atoms with Crippen LogP contribution in [0.4, 0.5) is 8.78 Å². The summed E-state index contributed by atoms with van der Waals surface area (Å²) >= 11 is 0. The summed E-state index contributed by atoms with van der Waals surface area (Å²) in [7, 11) is 1.95. The van der Waals surface area contributed by atoms with E-state index in [9.17, 15) is 8.78 Å². The molecule has 1 heterocycles. The Morgan fingerprint density at radius 3 is 2.47 bits per heavy atom. The molecular weight excluding hydrogens is 222 g/mol. The van der Waals surface area contributed by atoms with E-state index in [2.05, 4.69) is 10.2 Å². The van der Waals surface area contributed by atoms with E-state index in [1.807, 2.05) is 14.0 Å². The van der Waals surface area contributed by atoms with Crippen molar-refractivity contribution >= 4 is 0 Å². The third-order valence-electron chi connectivity index (χ3n) is 3.67. The van der Waals surface area contributed by atoms with E-state index in [0.29, 0.717) is 17.2 Å². The Bertz CT molecular complexity index is 416. The Hall–Kier alpha value is -1.00. The van der Waals surface area contributed by atoms with Gasteiger partial charge < -0.3 is 5.32 Å². The van der Waals surface area contributed by atoms with Gasteiger partial charge >= 0.3 is 0 Å². The monoisotopic (exact) mass is 240 g/mol.